The lowest BCUT2D eigenvalue weighted by Crippen LogP contribution is -2.35. The van der Waals surface area contributed by atoms with Crippen LogP contribution in [0.3, 0.4) is 0 Å². The number of hydrogen-bond acceptors (Lipinski definition) is 6. The SMILES string of the molecule is O=S(=O)(NC1CC1)c1ccc(CNc2ncnc(N3CCCCC3c3ccccc3)c2F)cc1. The van der Waals surface area contributed by atoms with E-state index < -0.39 is 15.8 Å². The second-order valence-corrected chi connectivity index (χ2v) is 10.6. The van der Waals surface area contributed by atoms with Gasteiger partial charge < -0.3 is 10.2 Å². The number of nitrogens with one attached hydrogen (secondary N) is 2. The molecule has 1 atom stereocenters. The molecule has 9 heteroatoms. The fraction of sp³-hybridized carbons (Fsp3) is 0.360. The van der Waals surface area contributed by atoms with E-state index in [1.165, 1.54) is 6.33 Å². The van der Waals surface area contributed by atoms with Crippen molar-refractivity contribution in [3.05, 3.63) is 77.9 Å². The van der Waals surface area contributed by atoms with Crippen LogP contribution in [0.4, 0.5) is 16.0 Å². The van der Waals surface area contributed by atoms with Crippen LogP contribution in [0, 0.1) is 5.82 Å². The molecule has 3 aromatic rings. The number of piperidine rings is 1. The molecule has 0 spiro atoms. The summed E-state index contributed by atoms with van der Waals surface area (Å²) in [6, 6.07) is 16.9. The van der Waals surface area contributed by atoms with Crippen LogP contribution >= 0.6 is 0 Å². The zero-order chi connectivity index (χ0) is 23.5. The minimum atomic E-state index is -3.49. The average molecular weight is 482 g/mol. The first kappa shape index (κ1) is 22.7. The predicted octanol–water partition coefficient (Wildman–Crippen LogP) is 4.40. The summed E-state index contributed by atoms with van der Waals surface area (Å²) in [6.45, 7) is 1.05. The lowest BCUT2D eigenvalue weighted by Gasteiger charge is -2.37. The number of aromatic nitrogens is 2. The molecule has 0 bridgehead atoms. The summed E-state index contributed by atoms with van der Waals surface area (Å²) >= 11 is 0. The maximum Gasteiger partial charge on any atom is 0.240 e. The molecule has 1 saturated carbocycles. The molecule has 0 radical (unpaired) electrons. The quantitative estimate of drug-likeness (QED) is 0.496. The van der Waals surface area contributed by atoms with Crippen molar-refractivity contribution in [2.24, 2.45) is 0 Å². The number of rotatable bonds is 8. The first-order valence-corrected chi connectivity index (χ1v) is 13.2. The first-order chi connectivity index (χ1) is 16.5. The predicted molar refractivity (Wildman–Crippen MR) is 129 cm³/mol. The van der Waals surface area contributed by atoms with Crippen LogP contribution in [-0.2, 0) is 16.6 Å². The Kier molecular flexibility index (Phi) is 6.47. The van der Waals surface area contributed by atoms with E-state index in [0.717, 1.165) is 49.8 Å². The maximum absolute atomic E-state index is 15.5. The smallest absolute Gasteiger partial charge is 0.240 e. The van der Waals surface area contributed by atoms with Gasteiger partial charge in [0.05, 0.1) is 10.9 Å². The molecule has 1 aliphatic carbocycles. The van der Waals surface area contributed by atoms with E-state index in [1.807, 2.05) is 23.1 Å². The van der Waals surface area contributed by atoms with Gasteiger partial charge in [0, 0.05) is 19.1 Å². The zero-order valence-electron chi connectivity index (χ0n) is 18.8. The van der Waals surface area contributed by atoms with Gasteiger partial charge in [-0.2, -0.15) is 4.39 Å². The fourth-order valence-electron chi connectivity index (χ4n) is 4.35. The first-order valence-electron chi connectivity index (χ1n) is 11.7. The molecule has 2 aromatic carbocycles. The molecule has 0 amide bonds. The second kappa shape index (κ2) is 9.68. The number of benzene rings is 2. The van der Waals surface area contributed by atoms with Crippen LogP contribution in [-0.4, -0.2) is 31.0 Å². The number of hydrogen-bond donors (Lipinski definition) is 2. The second-order valence-electron chi connectivity index (χ2n) is 8.87. The Hall–Kier alpha value is -3.04. The van der Waals surface area contributed by atoms with Crippen LogP contribution in [0.15, 0.2) is 65.8 Å². The lowest BCUT2D eigenvalue weighted by atomic mass is 9.95. The zero-order valence-corrected chi connectivity index (χ0v) is 19.6. The molecule has 2 aliphatic rings. The van der Waals surface area contributed by atoms with Crippen molar-refractivity contribution in [3.8, 4) is 0 Å². The highest BCUT2D eigenvalue weighted by Crippen LogP contribution is 2.36. The van der Waals surface area contributed by atoms with Crippen LogP contribution in [0.25, 0.3) is 0 Å². The molecule has 1 unspecified atom stereocenters. The molecule has 2 N–H and O–H groups in total. The van der Waals surface area contributed by atoms with Crippen molar-refractivity contribution in [2.45, 2.75) is 55.6 Å². The van der Waals surface area contributed by atoms with E-state index in [0.29, 0.717) is 12.4 Å². The lowest BCUT2D eigenvalue weighted by molar-refractivity contribution is 0.459. The number of nitrogens with zero attached hydrogens (tertiary/aromatic N) is 3. The monoisotopic (exact) mass is 481 g/mol. The highest BCUT2D eigenvalue weighted by atomic mass is 32.2. The van der Waals surface area contributed by atoms with Crippen molar-refractivity contribution in [1.29, 1.82) is 0 Å². The van der Waals surface area contributed by atoms with Gasteiger partial charge in [-0.3, -0.25) is 0 Å². The molecule has 178 valence electrons. The summed E-state index contributed by atoms with van der Waals surface area (Å²) in [6.07, 6.45) is 6.18. The third kappa shape index (κ3) is 5.05. The summed E-state index contributed by atoms with van der Waals surface area (Å²) in [7, 11) is -3.49. The minimum Gasteiger partial charge on any atom is -0.363 e. The summed E-state index contributed by atoms with van der Waals surface area (Å²) in [5.74, 6) is -0.0358. The Morgan fingerprint density at radius 1 is 0.971 bits per heavy atom. The van der Waals surface area contributed by atoms with Gasteiger partial charge in [0.1, 0.15) is 6.33 Å². The van der Waals surface area contributed by atoms with E-state index in [2.05, 4.69) is 32.1 Å². The van der Waals surface area contributed by atoms with Gasteiger partial charge >= 0.3 is 0 Å². The van der Waals surface area contributed by atoms with Gasteiger partial charge in [0.15, 0.2) is 11.6 Å². The Balaban J connectivity index is 1.30. The Morgan fingerprint density at radius 3 is 2.47 bits per heavy atom. The van der Waals surface area contributed by atoms with Crippen molar-refractivity contribution in [1.82, 2.24) is 14.7 Å². The molecule has 7 nitrogen and oxygen atoms in total. The van der Waals surface area contributed by atoms with Gasteiger partial charge in [-0.15, -0.1) is 0 Å². The van der Waals surface area contributed by atoms with Crippen molar-refractivity contribution in [3.63, 3.8) is 0 Å². The molecule has 2 heterocycles. The number of sulfonamides is 1. The maximum atomic E-state index is 15.5. The van der Waals surface area contributed by atoms with Crippen LogP contribution in [0.5, 0.6) is 0 Å². The molecular weight excluding hydrogens is 453 g/mol. The van der Waals surface area contributed by atoms with Crippen LogP contribution in [0.2, 0.25) is 0 Å². The topological polar surface area (TPSA) is 87.2 Å². The molecule has 1 aromatic heterocycles. The van der Waals surface area contributed by atoms with E-state index in [1.54, 1.807) is 24.3 Å². The van der Waals surface area contributed by atoms with Gasteiger partial charge in [0.25, 0.3) is 0 Å². The van der Waals surface area contributed by atoms with Crippen LogP contribution in [0.1, 0.15) is 49.3 Å². The van der Waals surface area contributed by atoms with Gasteiger partial charge in [-0.1, -0.05) is 42.5 Å². The average Bonchev–Trinajstić information content (AvgIpc) is 3.68. The summed E-state index contributed by atoms with van der Waals surface area (Å²) < 4.78 is 42.8. The molecule has 1 saturated heterocycles. The van der Waals surface area contributed by atoms with Crippen molar-refractivity contribution < 1.29 is 12.8 Å². The third-order valence-corrected chi connectivity index (χ3v) is 7.86. The van der Waals surface area contributed by atoms with E-state index in [9.17, 15) is 8.42 Å². The number of halogens is 1. The molecule has 1 aliphatic heterocycles. The summed E-state index contributed by atoms with van der Waals surface area (Å²) in [5.41, 5.74) is 1.98. The van der Waals surface area contributed by atoms with Crippen molar-refractivity contribution in [2.75, 3.05) is 16.8 Å². The molecular formula is C25H28FN5O2S. The molecule has 2 fully saturated rings. The van der Waals surface area contributed by atoms with E-state index >= 15 is 4.39 Å². The Labute approximate surface area is 199 Å². The van der Waals surface area contributed by atoms with Gasteiger partial charge in [-0.25, -0.2) is 23.1 Å². The largest absolute Gasteiger partial charge is 0.363 e. The van der Waals surface area contributed by atoms with Gasteiger partial charge in [-0.05, 0) is 55.4 Å². The normalized spacial score (nSPS) is 18.6. The molecule has 34 heavy (non-hydrogen) atoms. The summed E-state index contributed by atoms with van der Waals surface area (Å²) in [5, 5.41) is 3.05. The van der Waals surface area contributed by atoms with E-state index in [4.69, 9.17) is 0 Å². The standard InChI is InChI=1S/C25H28FN5O2S/c26-23-24(27-16-18-9-13-21(14-10-18)34(32,33)30-20-11-12-20)28-17-29-25(23)31-15-5-4-8-22(31)19-6-2-1-3-7-19/h1-3,6-7,9-10,13-14,17,20,22,30H,4-5,8,11-12,15-16H2,(H,27,28,29). The third-order valence-electron chi connectivity index (χ3n) is 6.32. The highest BCUT2D eigenvalue weighted by molar-refractivity contribution is 7.89. The Morgan fingerprint density at radius 2 is 1.74 bits per heavy atom. The highest BCUT2D eigenvalue weighted by Gasteiger charge is 2.29. The summed E-state index contributed by atoms with van der Waals surface area (Å²) in [4.78, 5) is 10.7. The van der Waals surface area contributed by atoms with Crippen LogP contribution < -0.4 is 14.9 Å². The van der Waals surface area contributed by atoms with E-state index in [-0.39, 0.29) is 22.8 Å². The Bertz CT molecular complexity index is 1230. The van der Waals surface area contributed by atoms with Crippen molar-refractivity contribution >= 4 is 21.7 Å². The number of anilines is 2. The molecule has 5 rings (SSSR count). The van der Waals surface area contributed by atoms with Gasteiger partial charge in [0.2, 0.25) is 15.8 Å². The fourth-order valence-corrected chi connectivity index (χ4v) is 5.66. The minimum absolute atomic E-state index is 0.0580.